The normalized spacial score (nSPS) is 11.0. The van der Waals surface area contributed by atoms with Gasteiger partial charge in [0.2, 0.25) is 0 Å². The average Bonchev–Trinajstić information content (AvgIpc) is 3.00. The van der Waals surface area contributed by atoms with Crippen LogP contribution in [0, 0.1) is 0 Å². The number of aliphatic imine (C=N–C) groups is 1. The van der Waals surface area contributed by atoms with Crippen LogP contribution in [0.1, 0.15) is 30.9 Å². The molecule has 0 atom stereocenters. The van der Waals surface area contributed by atoms with E-state index in [9.17, 15) is 0 Å². The van der Waals surface area contributed by atoms with Crippen LogP contribution in [0.5, 0.6) is 0 Å². The molecule has 2 aromatic rings. The maximum absolute atomic E-state index is 5.87. The molecule has 120 valence electrons. The molecular formula is C16H24IN5. The fourth-order valence-corrected chi connectivity index (χ4v) is 2.05. The van der Waals surface area contributed by atoms with Crippen LogP contribution < -0.4 is 11.1 Å². The van der Waals surface area contributed by atoms with E-state index in [0.717, 1.165) is 25.9 Å². The second kappa shape index (κ2) is 10.2. The number of nitrogens with two attached hydrogens (primary N) is 1. The number of guanidine groups is 1. The second-order valence-electron chi connectivity index (χ2n) is 4.95. The molecule has 0 aliphatic rings. The standard InChI is InChI=1S/C16H23N5.HI/c1-2-3-9-18-16(17)19-12-14-7-4-5-8-15(14)13-21-11-6-10-20-21;/h4-8,10-11H,2-3,9,12-13H2,1H3,(H3,17,18,19);1H. The van der Waals surface area contributed by atoms with Crippen molar-refractivity contribution in [2.45, 2.75) is 32.9 Å². The Kier molecular flexibility index (Phi) is 8.57. The summed E-state index contributed by atoms with van der Waals surface area (Å²) in [5, 5.41) is 7.37. The molecule has 0 bridgehead atoms. The third-order valence-electron chi connectivity index (χ3n) is 3.27. The summed E-state index contributed by atoms with van der Waals surface area (Å²) in [6.45, 7) is 4.37. The Hall–Kier alpha value is -1.57. The zero-order valence-corrected chi connectivity index (χ0v) is 15.2. The van der Waals surface area contributed by atoms with Gasteiger partial charge in [-0.2, -0.15) is 5.10 Å². The summed E-state index contributed by atoms with van der Waals surface area (Å²) < 4.78 is 1.91. The van der Waals surface area contributed by atoms with Gasteiger partial charge in [0.15, 0.2) is 5.96 Å². The van der Waals surface area contributed by atoms with E-state index in [0.29, 0.717) is 12.5 Å². The molecule has 1 aromatic heterocycles. The highest BCUT2D eigenvalue weighted by Gasteiger charge is 2.02. The molecular weight excluding hydrogens is 389 g/mol. The SMILES string of the molecule is CCCCNC(N)=NCc1ccccc1Cn1cccn1.I. The summed E-state index contributed by atoms with van der Waals surface area (Å²) in [5.41, 5.74) is 8.26. The molecule has 0 saturated carbocycles. The van der Waals surface area contributed by atoms with Crippen molar-refractivity contribution in [3.63, 3.8) is 0 Å². The first-order valence-corrected chi connectivity index (χ1v) is 7.37. The molecule has 0 saturated heterocycles. The van der Waals surface area contributed by atoms with Crippen LogP contribution >= 0.6 is 24.0 Å². The molecule has 0 spiro atoms. The van der Waals surface area contributed by atoms with Crippen molar-refractivity contribution in [1.29, 1.82) is 0 Å². The Bertz CT molecular complexity index is 566. The third-order valence-corrected chi connectivity index (χ3v) is 3.27. The summed E-state index contributed by atoms with van der Waals surface area (Å²) in [7, 11) is 0. The molecule has 2 rings (SSSR count). The summed E-state index contributed by atoms with van der Waals surface area (Å²) in [4.78, 5) is 4.41. The Morgan fingerprint density at radius 1 is 1.27 bits per heavy atom. The van der Waals surface area contributed by atoms with Gasteiger partial charge in [0.25, 0.3) is 0 Å². The smallest absolute Gasteiger partial charge is 0.188 e. The number of halogens is 1. The fourth-order valence-electron chi connectivity index (χ4n) is 2.05. The minimum atomic E-state index is 0. The minimum Gasteiger partial charge on any atom is -0.370 e. The van der Waals surface area contributed by atoms with Crippen LogP contribution in [0.25, 0.3) is 0 Å². The fraction of sp³-hybridized carbons (Fsp3) is 0.375. The largest absolute Gasteiger partial charge is 0.370 e. The van der Waals surface area contributed by atoms with Crippen LogP contribution in [-0.4, -0.2) is 22.3 Å². The lowest BCUT2D eigenvalue weighted by Crippen LogP contribution is -2.32. The molecule has 1 heterocycles. The highest BCUT2D eigenvalue weighted by Crippen LogP contribution is 2.11. The minimum absolute atomic E-state index is 0. The number of unbranched alkanes of at least 4 members (excludes halogenated alkanes) is 1. The van der Waals surface area contributed by atoms with Gasteiger partial charge in [-0.3, -0.25) is 4.68 Å². The van der Waals surface area contributed by atoms with Crippen LogP contribution in [0.4, 0.5) is 0 Å². The molecule has 22 heavy (non-hydrogen) atoms. The predicted octanol–water partition coefficient (Wildman–Crippen LogP) is 2.75. The average molecular weight is 413 g/mol. The van der Waals surface area contributed by atoms with Gasteiger partial charge in [0.05, 0.1) is 13.1 Å². The van der Waals surface area contributed by atoms with Crippen LogP contribution in [0.2, 0.25) is 0 Å². The maximum Gasteiger partial charge on any atom is 0.188 e. The Morgan fingerprint density at radius 3 is 2.73 bits per heavy atom. The molecule has 1 aromatic carbocycles. The summed E-state index contributed by atoms with van der Waals surface area (Å²) in [6, 6.07) is 10.2. The zero-order valence-electron chi connectivity index (χ0n) is 12.9. The number of aromatic nitrogens is 2. The molecule has 0 aliphatic heterocycles. The van der Waals surface area contributed by atoms with Gasteiger partial charge in [-0.05, 0) is 23.6 Å². The molecule has 3 N–H and O–H groups in total. The molecule has 0 fully saturated rings. The maximum atomic E-state index is 5.87. The van der Waals surface area contributed by atoms with Gasteiger partial charge in [0.1, 0.15) is 0 Å². The lowest BCUT2D eigenvalue weighted by molar-refractivity contribution is 0.681. The van der Waals surface area contributed by atoms with E-state index < -0.39 is 0 Å². The number of rotatable bonds is 7. The van der Waals surface area contributed by atoms with Gasteiger partial charge in [0, 0.05) is 18.9 Å². The molecule has 0 unspecified atom stereocenters. The summed E-state index contributed by atoms with van der Waals surface area (Å²) in [6.07, 6.45) is 6.00. The van der Waals surface area contributed by atoms with E-state index in [1.165, 1.54) is 11.1 Å². The van der Waals surface area contributed by atoms with E-state index in [1.807, 2.05) is 29.1 Å². The second-order valence-corrected chi connectivity index (χ2v) is 4.95. The zero-order chi connectivity index (χ0) is 14.9. The monoisotopic (exact) mass is 413 g/mol. The topological polar surface area (TPSA) is 68.2 Å². The Balaban J connectivity index is 0.00000242. The van der Waals surface area contributed by atoms with Crippen molar-refractivity contribution in [3.05, 3.63) is 53.9 Å². The summed E-state index contributed by atoms with van der Waals surface area (Å²) >= 11 is 0. The van der Waals surface area contributed by atoms with E-state index in [1.54, 1.807) is 6.20 Å². The number of nitrogens with one attached hydrogen (secondary N) is 1. The van der Waals surface area contributed by atoms with Crippen molar-refractivity contribution in [2.75, 3.05) is 6.54 Å². The molecule has 0 aliphatic carbocycles. The van der Waals surface area contributed by atoms with Crippen molar-refractivity contribution in [2.24, 2.45) is 10.7 Å². The van der Waals surface area contributed by atoms with Crippen molar-refractivity contribution in [1.82, 2.24) is 15.1 Å². The highest BCUT2D eigenvalue weighted by molar-refractivity contribution is 14.0. The number of nitrogens with zero attached hydrogens (tertiary/aromatic N) is 3. The van der Waals surface area contributed by atoms with Crippen LogP contribution in [-0.2, 0) is 13.1 Å². The first-order chi connectivity index (χ1) is 10.3. The lowest BCUT2D eigenvalue weighted by Gasteiger charge is -2.09. The van der Waals surface area contributed by atoms with E-state index >= 15 is 0 Å². The first kappa shape index (κ1) is 18.5. The van der Waals surface area contributed by atoms with Crippen LogP contribution in [0.3, 0.4) is 0 Å². The number of hydrogen-bond acceptors (Lipinski definition) is 2. The highest BCUT2D eigenvalue weighted by atomic mass is 127. The molecule has 6 heteroatoms. The molecule has 0 amide bonds. The van der Waals surface area contributed by atoms with Crippen molar-refractivity contribution < 1.29 is 0 Å². The van der Waals surface area contributed by atoms with Gasteiger partial charge in [-0.15, -0.1) is 24.0 Å². The Morgan fingerprint density at radius 2 is 2.05 bits per heavy atom. The van der Waals surface area contributed by atoms with E-state index in [-0.39, 0.29) is 24.0 Å². The van der Waals surface area contributed by atoms with Crippen molar-refractivity contribution in [3.8, 4) is 0 Å². The number of benzene rings is 1. The van der Waals surface area contributed by atoms with Gasteiger partial charge in [-0.25, -0.2) is 4.99 Å². The van der Waals surface area contributed by atoms with Gasteiger partial charge >= 0.3 is 0 Å². The quantitative estimate of drug-likeness (QED) is 0.318. The molecule has 5 nitrogen and oxygen atoms in total. The summed E-state index contributed by atoms with van der Waals surface area (Å²) in [5.74, 6) is 0.511. The van der Waals surface area contributed by atoms with Gasteiger partial charge in [-0.1, -0.05) is 37.6 Å². The third kappa shape index (κ3) is 6.05. The van der Waals surface area contributed by atoms with Gasteiger partial charge < -0.3 is 11.1 Å². The Labute approximate surface area is 149 Å². The predicted molar refractivity (Wildman–Crippen MR) is 101 cm³/mol. The van der Waals surface area contributed by atoms with E-state index in [4.69, 9.17) is 5.73 Å². The first-order valence-electron chi connectivity index (χ1n) is 7.37. The molecule has 0 radical (unpaired) electrons. The van der Waals surface area contributed by atoms with Crippen molar-refractivity contribution >= 4 is 29.9 Å². The lowest BCUT2D eigenvalue weighted by atomic mass is 10.1. The van der Waals surface area contributed by atoms with E-state index in [2.05, 4.69) is 34.5 Å². The van der Waals surface area contributed by atoms with Crippen LogP contribution in [0.15, 0.2) is 47.7 Å². The number of hydrogen-bond donors (Lipinski definition) is 2.